The zero-order chi connectivity index (χ0) is 11.8. The van der Waals surface area contributed by atoms with Gasteiger partial charge in [-0.3, -0.25) is 4.79 Å². The smallest absolute Gasteiger partial charge is 0.303 e. The van der Waals surface area contributed by atoms with Crippen LogP contribution in [-0.4, -0.2) is 30.6 Å². The molecular formula is C12H22O4. The summed E-state index contributed by atoms with van der Waals surface area (Å²) in [6, 6.07) is 0. The van der Waals surface area contributed by atoms with E-state index in [0.29, 0.717) is 6.61 Å². The number of carbonyl (C=O) groups is 1. The Morgan fingerprint density at radius 3 is 3.00 bits per heavy atom. The lowest BCUT2D eigenvalue weighted by molar-refractivity contribution is -0.163. The van der Waals surface area contributed by atoms with Crippen LogP contribution in [0.25, 0.3) is 0 Å². The van der Waals surface area contributed by atoms with Crippen LogP contribution in [0.15, 0.2) is 0 Å². The number of carboxylic acid groups (broad SMARTS) is 1. The number of rotatable bonds is 7. The van der Waals surface area contributed by atoms with Crippen molar-refractivity contribution < 1.29 is 19.4 Å². The zero-order valence-corrected chi connectivity index (χ0v) is 9.98. The molecule has 4 nitrogen and oxygen atoms in total. The largest absolute Gasteiger partial charge is 0.481 e. The first-order valence-corrected chi connectivity index (χ1v) is 6.13. The maximum absolute atomic E-state index is 10.4. The van der Waals surface area contributed by atoms with Gasteiger partial charge < -0.3 is 14.6 Å². The minimum absolute atomic E-state index is 0.0245. The van der Waals surface area contributed by atoms with E-state index in [1.54, 1.807) is 0 Å². The molecule has 1 rings (SSSR count). The first-order valence-electron chi connectivity index (χ1n) is 6.13. The molecule has 4 heteroatoms. The third kappa shape index (κ3) is 6.08. The summed E-state index contributed by atoms with van der Waals surface area (Å²) in [5.74, 6) is -0.489. The molecule has 0 aliphatic carbocycles. The van der Waals surface area contributed by atoms with E-state index < -0.39 is 5.97 Å². The van der Waals surface area contributed by atoms with E-state index in [0.717, 1.165) is 32.3 Å². The van der Waals surface area contributed by atoms with Gasteiger partial charge in [0, 0.05) is 19.6 Å². The van der Waals surface area contributed by atoms with Gasteiger partial charge in [-0.15, -0.1) is 0 Å². The molecule has 0 aromatic rings. The third-order valence-electron chi connectivity index (χ3n) is 2.81. The fourth-order valence-corrected chi connectivity index (χ4v) is 1.89. The average Bonchev–Trinajstić information content (AvgIpc) is 2.25. The van der Waals surface area contributed by atoms with Crippen LogP contribution in [0.4, 0.5) is 0 Å². The SMILES string of the molecule is C[C@H](CCCOC1CCCCO1)CC(=O)O. The maximum atomic E-state index is 10.4. The molecule has 1 N–H and O–H groups in total. The Morgan fingerprint density at radius 1 is 1.56 bits per heavy atom. The first kappa shape index (κ1) is 13.5. The lowest BCUT2D eigenvalue weighted by atomic mass is 10.0. The summed E-state index contributed by atoms with van der Waals surface area (Å²) in [4.78, 5) is 10.4. The Hall–Kier alpha value is -0.610. The maximum Gasteiger partial charge on any atom is 0.303 e. The number of hydrogen-bond donors (Lipinski definition) is 1. The van der Waals surface area contributed by atoms with Gasteiger partial charge in [0.25, 0.3) is 0 Å². The molecule has 1 heterocycles. The second-order valence-corrected chi connectivity index (χ2v) is 4.51. The monoisotopic (exact) mass is 230 g/mol. The van der Waals surface area contributed by atoms with Gasteiger partial charge in [0.05, 0.1) is 0 Å². The van der Waals surface area contributed by atoms with E-state index in [1.807, 2.05) is 6.92 Å². The summed E-state index contributed by atoms with van der Waals surface area (Å²) in [6.45, 7) is 3.44. The molecule has 16 heavy (non-hydrogen) atoms. The van der Waals surface area contributed by atoms with E-state index in [9.17, 15) is 4.79 Å². The Balaban J connectivity index is 1.96. The Morgan fingerprint density at radius 2 is 2.38 bits per heavy atom. The van der Waals surface area contributed by atoms with Crippen LogP contribution in [0.1, 0.15) is 45.4 Å². The van der Waals surface area contributed by atoms with Gasteiger partial charge in [-0.25, -0.2) is 0 Å². The summed E-state index contributed by atoms with van der Waals surface area (Å²) < 4.78 is 11.0. The van der Waals surface area contributed by atoms with Gasteiger partial charge in [0.15, 0.2) is 6.29 Å². The standard InChI is InChI=1S/C12H22O4/c1-10(9-11(13)14)5-4-8-16-12-6-2-3-7-15-12/h10,12H,2-9H2,1H3,(H,13,14)/t10-,12?/m1/s1. The fourth-order valence-electron chi connectivity index (χ4n) is 1.89. The molecule has 0 radical (unpaired) electrons. The highest BCUT2D eigenvalue weighted by Crippen LogP contribution is 2.15. The van der Waals surface area contributed by atoms with Crippen molar-refractivity contribution in [3.63, 3.8) is 0 Å². The summed E-state index contributed by atoms with van der Waals surface area (Å²) >= 11 is 0. The van der Waals surface area contributed by atoms with E-state index in [2.05, 4.69) is 0 Å². The van der Waals surface area contributed by atoms with Gasteiger partial charge in [0.2, 0.25) is 0 Å². The van der Waals surface area contributed by atoms with Gasteiger partial charge in [-0.2, -0.15) is 0 Å². The second-order valence-electron chi connectivity index (χ2n) is 4.51. The molecule has 1 aliphatic rings. The summed E-state index contributed by atoms with van der Waals surface area (Å²) in [5.41, 5.74) is 0. The molecule has 0 aromatic carbocycles. The number of hydrogen-bond acceptors (Lipinski definition) is 3. The van der Waals surface area contributed by atoms with Crippen molar-refractivity contribution >= 4 is 5.97 Å². The van der Waals surface area contributed by atoms with Crippen molar-refractivity contribution in [2.45, 2.75) is 51.7 Å². The number of carboxylic acids is 1. The molecule has 1 aliphatic heterocycles. The van der Waals surface area contributed by atoms with Gasteiger partial charge >= 0.3 is 5.97 Å². The van der Waals surface area contributed by atoms with Crippen LogP contribution in [0.5, 0.6) is 0 Å². The fraction of sp³-hybridized carbons (Fsp3) is 0.917. The van der Waals surface area contributed by atoms with Crippen LogP contribution in [0.2, 0.25) is 0 Å². The van der Waals surface area contributed by atoms with Gasteiger partial charge in [-0.05, 0) is 38.0 Å². The summed E-state index contributed by atoms with van der Waals surface area (Å²) in [7, 11) is 0. The molecule has 0 bridgehead atoms. The first-order chi connectivity index (χ1) is 7.68. The molecule has 1 fully saturated rings. The van der Waals surface area contributed by atoms with E-state index in [-0.39, 0.29) is 18.6 Å². The second kappa shape index (κ2) is 7.63. The number of ether oxygens (including phenoxy) is 2. The Labute approximate surface area is 96.9 Å². The van der Waals surface area contributed by atoms with Crippen LogP contribution < -0.4 is 0 Å². The predicted octanol–water partition coefficient (Wildman–Crippen LogP) is 2.42. The van der Waals surface area contributed by atoms with Crippen molar-refractivity contribution in [2.75, 3.05) is 13.2 Å². The van der Waals surface area contributed by atoms with Crippen molar-refractivity contribution in [3.8, 4) is 0 Å². The van der Waals surface area contributed by atoms with E-state index >= 15 is 0 Å². The molecule has 0 aromatic heterocycles. The van der Waals surface area contributed by atoms with Crippen molar-refractivity contribution in [3.05, 3.63) is 0 Å². The molecule has 0 amide bonds. The number of aliphatic carboxylic acids is 1. The predicted molar refractivity (Wildman–Crippen MR) is 60.2 cm³/mol. The van der Waals surface area contributed by atoms with Crippen LogP contribution in [-0.2, 0) is 14.3 Å². The molecule has 1 saturated heterocycles. The van der Waals surface area contributed by atoms with Crippen LogP contribution in [0, 0.1) is 5.92 Å². The average molecular weight is 230 g/mol. The Bertz CT molecular complexity index is 199. The zero-order valence-electron chi connectivity index (χ0n) is 9.98. The minimum Gasteiger partial charge on any atom is -0.481 e. The lowest BCUT2D eigenvalue weighted by Gasteiger charge is -2.22. The van der Waals surface area contributed by atoms with Gasteiger partial charge in [0.1, 0.15) is 0 Å². The summed E-state index contributed by atoms with van der Waals surface area (Å²) in [6.07, 6.45) is 5.34. The van der Waals surface area contributed by atoms with E-state index in [1.165, 1.54) is 6.42 Å². The topological polar surface area (TPSA) is 55.8 Å². The molecule has 94 valence electrons. The highest BCUT2D eigenvalue weighted by atomic mass is 16.7. The molecule has 1 unspecified atom stereocenters. The van der Waals surface area contributed by atoms with Crippen molar-refractivity contribution in [1.82, 2.24) is 0 Å². The summed E-state index contributed by atoms with van der Waals surface area (Å²) in [5, 5.41) is 8.59. The molecule has 0 spiro atoms. The van der Waals surface area contributed by atoms with Gasteiger partial charge in [-0.1, -0.05) is 6.92 Å². The Kier molecular flexibility index (Phi) is 6.42. The third-order valence-corrected chi connectivity index (χ3v) is 2.81. The van der Waals surface area contributed by atoms with Crippen LogP contribution >= 0.6 is 0 Å². The highest BCUT2D eigenvalue weighted by Gasteiger charge is 2.14. The molecule has 0 saturated carbocycles. The van der Waals surface area contributed by atoms with Crippen molar-refractivity contribution in [2.24, 2.45) is 5.92 Å². The quantitative estimate of drug-likeness (QED) is 0.682. The lowest BCUT2D eigenvalue weighted by Crippen LogP contribution is -2.22. The highest BCUT2D eigenvalue weighted by molar-refractivity contribution is 5.66. The van der Waals surface area contributed by atoms with E-state index in [4.69, 9.17) is 14.6 Å². The molecular weight excluding hydrogens is 208 g/mol. The minimum atomic E-state index is -0.718. The normalized spacial score (nSPS) is 22.9. The molecule has 2 atom stereocenters. The van der Waals surface area contributed by atoms with Crippen LogP contribution in [0.3, 0.4) is 0 Å². The van der Waals surface area contributed by atoms with Crippen molar-refractivity contribution in [1.29, 1.82) is 0 Å².